The Morgan fingerprint density at radius 2 is 1.96 bits per heavy atom. The third-order valence-corrected chi connectivity index (χ3v) is 4.27. The summed E-state index contributed by atoms with van der Waals surface area (Å²) in [7, 11) is 0. The molecule has 2 heterocycles. The van der Waals surface area contributed by atoms with Gasteiger partial charge in [-0.05, 0) is 49.5 Å². The van der Waals surface area contributed by atoms with E-state index in [4.69, 9.17) is 23.8 Å². The van der Waals surface area contributed by atoms with Crippen molar-refractivity contribution in [2.75, 3.05) is 5.32 Å². The first-order valence-electron chi connectivity index (χ1n) is 7.63. The maximum atomic E-state index is 13.1. The van der Waals surface area contributed by atoms with Gasteiger partial charge in [-0.2, -0.15) is 18.3 Å². The van der Waals surface area contributed by atoms with E-state index in [0.717, 1.165) is 18.2 Å². The number of nitrogens with zero attached hydrogens (tertiary/aromatic N) is 4. The summed E-state index contributed by atoms with van der Waals surface area (Å²) >= 11 is 11.1. The highest BCUT2D eigenvalue weighted by Gasteiger charge is 2.34. The van der Waals surface area contributed by atoms with Gasteiger partial charge in [0.05, 0.1) is 11.3 Å². The maximum Gasteiger partial charge on any atom is 0.418 e. The molecule has 0 aliphatic carbocycles. The van der Waals surface area contributed by atoms with E-state index in [2.05, 4.69) is 10.4 Å². The molecule has 6 nitrogen and oxygen atoms in total. The minimum atomic E-state index is -4.63. The van der Waals surface area contributed by atoms with Gasteiger partial charge in [0.15, 0.2) is 0 Å². The summed E-state index contributed by atoms with van der Waals surface area (Å²) in [4.78, 5) is 12.3. The number of carbonyl (C=O) groups is 1. The Balaban J connectivity index is 1.85. The molecule has 0 aliphatic heterocycles. The maximum absolute atomic E-state index is 13.1. The van der Waals surface area contributed by atoms with Crippen LogP contribution in [-0.4, -0.2) is 25.0 Å². The first-order valence-corrected chi connectivity index (χ1v) is 8.42. The number of rotatable bonds is 4. The van der Waals surface area contributed by atoms with Crippen molar-refractivity contribution in [2.45, 2.75) is 19.6 Å². The molecule has 3 aromatic rings. The lowest BCUT2D eigenvalue weighted by molar-refractivity contribution is -0.137. The third-order valence-electron chi connectivity index (χ3n) is 3.65. The van der Waals surface area contributed by atoms with E-state index in [1.807, 2.05) is 0 Å². The molecule has 0 saturated carbocycles. The van der Waals surface area contributed by atoms with Gasteiger partial charge >= 0.3 is 6.18 Å². The molecule has 0 unspecified atom stereocenters. The zero-order valence-corrected chi connectivity index (χ0v) is 15.4. The number of halogens is 4. The lowest BCUT2D eigenvalue weighted by Gasteiger charge is -2.14. The molecule has 0 spiro atoms. The first-order chi connectivity index (χ1) is 12.7. The summed E-state index contributed by atoms with van der Waals surface area (Å²) in [6, 6.07) is 6.56. The van der Waals surface area contributed by atoms with Gasteiger partial charge in [0.25, 0.3) is 0 Å². The van der Waals surface area contributed by atoms with Crippen LogP contribution in [0.4, 0.5) is 18.9 Å². The molecule has 142 valence electrons. The molecule has 0 atom stereocenters. The largest absolute Gasteiger partial charge is 0.418 e. The van der Waals surface area contributed by atoms with Crippen LogP contribution in [0, 0.1) is 11.7 Å². The summed E-state index contributed by atoms with van der Waals surface area (Å²) in [5.74, 6) is -0.196. The number of anilines is 1. The molecule has 0 fully saturated rings. The van der Waals surface area contributed by atoms with E-state index in [1.54, 1.807) is 40.8 Å². The molecule has 1 N–H and O–H groups in total. The fourth-order valence-electron chi connectivity index (χ4n) is 2.53. The highest BCUT2D eigenvalue weighted by molar-refractivity contribution is 7.71. The predicted molar refractivity (Wildman–Crippen MR) is 96.1 cm³/mol. The van der Waals surface area contributed by atoms with Gasteiger partial charge in [-0.1, -0.05) is 11.6 Å². The van der Waals surface area contributed by atoms with Crippen LogP contribution in [0.3, 0.4) is 0 Å². The van der Waals surface area contributed by atoms with Crippen LogP contribution < -0.4 is 5.32 Å². The lowest BCUT2D eigenvalue weighted by atomic mass is 10.1. The molecule has 3 rings (SSSR count). The Labute approximate surface area is 161 Å². The van der Waals surface area contributed by atoms with Gasteiger partial charge in [0.2, 0.25) is 10.7 Å². The quantitative estimate of drug-likeness (QED) is 0.651. The Morgan fingerprint density at radius 1 is 1.30 bits per heavy atom. The highest BCUT2D eigenvalue weighted by atomic mass is 35.5. The zero-order valence-electron chi connectivity index (χ0n) is 13.9. The average molecular weight is 416 g/mol. The molecule has 0 aliphatic rings. The first kappa shape index (κ1) is 19.2. The van der Waals surface area contributed by atoms with Gasteiger partial charge in [-0.3, -0.25) is 9.47 Å². The summed E-state index contributed by atoms with van der Waals surface area (Å²) in [6.45, 7) is 1.35. The van der Waals surface area contributed by atoms with Gasteiger partial charge in [0, 0.05) is 17.4 Å². The van der Waals surface area contributed by atoms with Crippen molar-refractivity contribution in [2.24, 2.45) is 0 Å². The highest BCUT2D eigenvalue weighted by Crippen LogP contribution is 2.36. The second-order valence-electron chi connectivity index (χ2n) is 5.60. The molecule has 11 heteroatoms. The number of carbonyl (C=O) groups excluding carboxylic acids is 1. The molecular formula is C16H13ClF3N5OS. The fourth-order valence-corrected chi connectivity index (χ4v) is 3.03. The van der Waals surface area contributed by atoms with E-state index in [0.29, 0.717) is 5.82 Å². The topological polar surface area (TPSA) is 56.8 Å². The summed E-state index contributed by atoms with van der Waals surface area (Å²) in [5.41, 5.74) is -1.41. The fraction of sp³-hybridized carbons (Fsp3) is 0.188. The molecule has 1 amide bonds. The average Bonchev–Trinajstić information content (AvgIpc) is 3.15. The van der Waals surface area contributed by atoms with E-state index < -0.39 is 23.3 Å². The number of hydrogen-bond donors (Lipinski definition) is 1. The second kappa shape index (κ2) is 7.20. The molecule has 0 saturated heterocycles. The van der Waals surface area contributed by atoms with Crippen molar-refractivity contribution in [1.82, 2.24) is 19.1 Å². The Kier molecular flexibility index (Phi) is 5.11. The van der Waals surface area contributed by atoms with Crippen molar-refractivity contribution in [1.29, 1.82) is 0 Å². The number of hydrogen-bond acceptors (Lipinski definition) is 3. The Hall–Kier alpha value is -2.59. The van der Waals surface area contributed by atoms with Crippen molar-refractivity contribution in [3.8, 4) is 0 Å². The third kappa shape index (κ3) is 4.06. The molecule has 2 aromatic heterocycles. The number of alkyl halides is 3. The number of nitrogens with one attached hydrogen (secondary N) is 1. The number of benzene rings is 1. The summed E-state index contributed by atoms with van der Waals surface area (Å²) in [6.07, 6.45) is -1.14. The lowest BCUT2D eigenvalue weighted by Crippen LogP contribution is -2.22. The zero-order chi connectivity index (χ0) is 19.8. The Bertz CT molecular complexity index is 1040. The predicted octanol–water partition coefficient (Wildman–Crippen LogP) is 4.15. The van der Waals surface area contributed by atoms with Gasteiger partial charge < -0.3 is 5.32 Å². The van der Waals surface area contributed by atoms with Crippen molar-refractivity contribution in [3.63, 3.8) is 0 Å². The smallest absolute Gasteiger partial charge is 0.324 e. The molecule has 0 radical (unpaired) electrons. The van der Waals surface area contributed by atoms with E-state index in [1.165, 1.54) is 4.68 Å². The van der Waals surface area contributed by atoms with Crippen LogP contribution >= 0.6 is 23.8 Å². The summed E-state index contributed by atoms with van der Waals surface area (Å²) < 4.78 is 44.0. The van der Waals surface area contributed by atoms with E-state index in [9.17, 15) is 18.0 Å². The van der Waals surface area contributed by atoms with Gasteiger partial charge in [-0.15, -0.1) is 0 Å². The van der Waals surface area contributed by atoms with Crippen LogP contribution in [0.5, 0.6) is 0 Å². The Morgan fingerprint density at radius 3 is 2.59 bits per heavy atom. The molecule has 27 heavy (non-hydrogen) atoms. The minimum absolute atomic E-state index is 0.0719. The van der Waals surface area contributed by atoms with Crippen LogP contribution in [0.1, 0.15) is 11.4 Å². The van der Waals surface area contributed by atoms with Gasteiger partial charge in [0.1, 0.15) is 12.4 Å². The van der Waals surface area contributed by atoms with Crippen LogP contribution in [0.2, 0.25) is 5.02 Å². The molecule has 0 bridgehead atoms. The van der Waals surface area contributed by atoms with Crippen LogP contribution in [0.15, 0.2) is 42.7 Å². The van der Waals surface area contributed by atoms with Crippen LogP contribution in [-0.2, 0) is 17.5 Å². The van der Waals surface area contributed by atoms with E-state index in [-0.39, 0.29) is 16.3 Å². The van der Waals surface area contributed by atoms with Crippen molar-refractivity contribution < 1.29 is 18.0 Å². The monoisotopic (exact) mass is 415 g/mol. The van der Waals surface area contributed by atoms with Crippen molar-refractivity contribution >= 4 is 35.4 Å². The SMILES string of the molecule is Cc1nn(CC(=O)Nc2cc(Cl)ccc2C(F)(F)F)c(=S)n1-n1cccc1. The summed E-state index contributed by atoms with van der Waals surface area (Å²) in [5, 5.41) is 6.48. The standard InChI is InChI=1S/C16H13ClF3N5OS/c1-10-22-24(15(27)25(10)23-6-2-3-7-23)9-14(26)21-13-8-11(17)4-5-12(13)16(18,19)20/h2-8H,9H2,1H3,(H,21,26). The molecule has 1 aromatic carbocycles. The van der Waals surface area contributed by atoms with Crippen molar-refractivity contribution in [3.05, 3.63) is 63.9 Å². The number of aryl methyl sites for hydroxylation is 1. The van der Waals surface area contributed by atoms with E-state index >= 15 is 0 Å². The number of amides is 1. The van der Waals surface area contributed by atoms with Crippen LogP contribution in [0.25, 0.3) is 0 Å². The number of aromatic nitrogens is 4. The van der Waals surface area contributed by atoms with Gasteiger partial charge in [-0.25, -0.2) is 9.36 Å². The second-order valence-corrected chi connectivity index (χ2v) is 6.40. The minimum Gasteiger partial charge on any atom is -0.324 e. The normalized spacial score (nSPS) is 11.6. The molecular weight excluding hydrogens is 403 g/mol.